The number of nitrogens with zero attached hydrogens (tertiary/aromatic N) is 4. The van der Waals surface area contributed by atoms with Crippen molar-refractivity contribution in [2.45, 2.75) is 51.4 Å². The zero-order chi connectivity index (χ0) is 28.1. The minimum Gasteiger partial charge on any atom is -0.460 e. The molecule has 2 aliphatic rings. The highest BCUT2D eigenvalue weighted by Gasteiger charge is 2.40. The molecular formula is C29H37FN6O4. The second kappa shape index (κ2) is 12.4. The lowest BCUT2D eigenvalue weighted by molar-refractivity contribution is -0.231. The van der Waals surface area contributed by atoms with Crippen molar-refractivity contribution < 1.29 is 23.4 Å². The van der Waals surface area contributed by atoms with E-state index in [9.17, 15) is 9.18 Å². The zero-order valence-corrected chi connectivity index (χ0v) is 23.3. The monoisotopic (exact) mass is 552 g/mol. The van der Waals surface area contributed by atoms with Crippen molar-refractivity contribution in [3.05, 3.63) is 48.2 Å². The van der Waals surface area contributed by atoms with Crippen molar-refractivity contribution in [2.75, 3.05) is 40.4 Å². The molecule has 214 valence electrons. The molecule has 1 saturated heterocycles. The van der Waals surface area contributed by atoms with Gasteiger partial charge in [-0.1, -0.05) is 6.42 Å². The maximum atomic E-state index is 13.7. The van der Waals surface area contributed by atoms with Crippen LogP contribution in [0.1, 0.15) is 51.1 Å². The molecule has 2 fully saturated rings. The molecule has 2 N–H and O–H groups in total. The number of likely N-dealkylation sites (N-methyl/N-ethyl adjacent to an activating group) is 1. The van der Waals surface area contributed by atoms with Crippen LogP contribution in [0, 0.1) is 11.2 Å². The predicted molar refractivity (Wildman–Crippen MR) is 147 cm³/mol. The lowest BCUT2D eigenvalue weighted by atomic mass is 9.91. The molecule has 0 unspecified atom stereocenters. The average Bonchev–Trinajstić information content (AvgIpc) is 3.40. The molecular weight excluding hydrogens is 515 g/mol. The average molecular weight is 553 g/mol. The molecule has 1 saturated carbocycles. The van der Waals surface area contributed by atoms with E-state index in [1.807, 2.05) is 25.9 Å². The molecule has 0 atom stereocenters. The van der Waals surface area contributed by atoms with Crippen LogP contribution in [0.2, 0.25) is 0 Å². The normalized spacial score (nSPS) is 21.9. The number of carbonyl (C=O) groups excluding carboxylic acids is 1. The van der Waals surface area contributed by atoms with E-state index in [1.54, 1.807) is 24.4 Å². The van der Waals surface area contributed by atoms with E-state index in [-0.39, 0.29) is 31.0 Å². The highest BCUT2D eigenvalue weighted by molar-refractivity contribution is 5.82. The number of hydrogen-bond donors (Lipinski definition) is 2. The summed E-state index contributed by atoms with van der Waals surface area (Å²) in [7, 11) is 3.91. The molecule has 0 bridgehead atoms. The summed E-state index contributed by atoms with van der Waals surface area (Å²) in [6.07, 6.45) is 6.44. The molecule has 11 heteroatoms. The zero-order valence-electron chi connectivity index (χ0n) is 23.3. The highest BCUT2D eigenvalue weighted by atomic mass is 19.1. The van der Waals surface area contributed by atoms with Gasteiger partial charge in [-0.25, -0.2) is 14.4 Å². The van der Waals surface area contributed by atoms with Crippen LogP contribution in [0.15, 0.2) is 36.5 Å². The van der Waals surface area contributed by atoms with Gasteiger partial charge >= 0.3 is 6.01 Å². The van der Waals surface area contributed by atoms with Gasteiger partial charge in [-0.15, -0.1) is 0 Å². The van der Waals surface area contributed by atoms with Gasteiger partial charge in [0.2, 0.25) is 12.2 Å². The Hall–Kier alpha value is -3.41. The van der Waals surface area contributed by atoms with E-state index < -0.39 is 11.7 Å². The molecule has 1 aromatic carbocycles. The summed E-state index contributed by atoms with van der Waals surface area (Å²) in [5.74, 6) is -0.0301. The minimum atomic E-state index is -0.823. The largest absolute Gasteiger partial charge is 0.460 e. The lowest BCUT2D eigenvalue weighted by Gasteiger charge is -2.35. The number of halogens is 1. The lowest BCUT2D eigenvalue weighted by Crippen LogP contribution is -2.49. The molecule has 10 nitrogen and oxygen atoms in total. The summed E-state index contributed by atoms with van der Waals surface area (Å²) < 4.78 is 31.8. The van der Waals surface area contributed by atoms with Crippen molar-refractivity contribution >= 4 is 5.91 Å². The Morgan fingerprint density at radius 3 is 2.55 bits per heavy atom. The van der Waals surface area contributed by atoms with Gasteiger partial charge in [-0.05, 0) is 77.0 Å². The Kier molecular flexibility index (Phi) is 8.72. The fraction of sp³-hybridized carbons (Fsp3) is 0.517. The van der Waals surface area contributed by atoms with Crippen molar-refractivity contribution in [1.82, 2.24) is 30.2 Å². The predicted octanol–water partition coefficient (Wildman–Crippen LogP) is 4.11. The van der Waals surface area contributed by atoms with Crippen LogP contribution < -0.4 is 10.1 Å². The fourth-order valence-electron chi connectivity index (χ4n) is 4.88. The number of aromatic nitrogens is 4. The Balaban J connectivity index is 1.37. The SMILES string of the molecule is CN(C)CCNC(=O)C1(C)COC(c2nc(-c3ccc(F)cc3)c(-c3ccnc(OC4CCCCC4)n3)[nH]2)OC1. The van der Waals surface area contributed by atoms with Gasteiger partial charge in [0.15, 0.2) is 5.82 Å². The van der Waals surface area contributed by atoms with Gasteiger partial charge < -0.3 is 29.4 Å². The van der Waals surface area contributed by atoms with Crippen molar-refractivity contribution in [3.8, 4) is 28.7 Å². The van der Waals surface area contributed by atoms with Crippen LogP contribution in [-0.4, -0.2) is 77.2 Å². The van der Waals surface area contributed by atoms with Gasteiger partial charge in [0.25, 0.3) is 0 Å². The summed E-state index contributed by atoms with van der Waals surface area (Å²) in [6, 6.07) is 8.19. The van der Waals surface area contributed by atoms with Crippen LogP contribution in [0.5, 0.6) is 6.01 Å². The summed E-state index contributed by atoms with van der Waals surface area (Å²) in [6.45, 7) is 3.43. The third-order valence-corrected chi connectivity index (χ3v) is 7.28. The van der Waals surface area contributed by atoms with E-state index in [2.05, 4.69) is 20.3 Å². The number of rotatable bonds is 9. The molecule has 2 aromatic heterocycles. The van der Waals surface area contributed by atoms with Crippen LogP contribution in [0.3, 0.4) is 0 Å². The first-order valence-electron chi connectivity index (χ1n) is 13.8. The minimum absolute atomic E-state index is 0.108. The van der Waals surface area contributed by atoms with Crippen LogP contribution >= 0.6 is 0 Å². The molecule has 1 aliphatic heterocycles. The van der Waals surface area contributed by atoms with Gasteiger partial charge in [0, 0.05) is 24.8 Å². The maximum absolute atomic E-state index is 13.7. The summed E-state index contributed by atoms with van der Waals surface area (Å²) in [4.78, 5) is 31.9. The van der Waals surface area contributed by atoms with E-state index >= 15 is 0 Å². The molecule has 0 spiro atoms. The van der Waals surface area contributed by atoms with Crippen LogP contribution in [-0.2, 0) is 14.3 Å². The van der Waals surface area contributed by atoms with Crippen LogP contribution in [0.4, 0.5) is 4.39 Å². The van der Waals surface area contributed by atoms with Gasteiger partial charge in [-0.2, -0.15) is 4.98 Å². The third kappa shape index (κ3) is 6.65. The first-order valence-corrected chi connectivity index (χ1v) is 13.8. The van der Waals surface area contributed by atoms with Crippen molar-refractivity contribution in [1.29, 1.82) is 0 Å². The summed E-state index contributed by atoms with van der Waals surface area (Å²) in [5.41, 5.74) is 1.64. The first kappa shape index (κ1) is 28.1. The Morgan fingerprint density at radius 2 is 1.85 bits per heavy atom. The quantitative estimate of drug-likeness (QED) is 0.408. The molecule has 1 amide bonds. The molecule has 0 radical (unpaired) electrons. The molecule has 3 aromatic rings. The molecule has 3 heterocycles. The Labute approximate surface area is 233 Å². The third-order valence-electron chi connectivity index (χ3n) is 7.28. The smallest absolute Gasteiger partial charge is 0.317 e. The number of hydrogen-bond acceptors (Lipinski definition) is 8. The van der Waals surface area contributed by atoms with E-state index in [1.165, 1.54) is 18.6 Å². The van der Waals surface area contributed by atoms with Gasteiger partial charge in [0.05, 0.1) is 35.7 Å². The number of benzene rings is 1. The molecule has 5 rings (SSSR count). The number of H-pyrrole nitrogens is 1. The standard InChI is InChI=1S/C29H37FN6O4/c1-29(27(37)31-15-16-36(2)3)17-38-26(39-18-29)25-34-23(19-9-11-20(30)12-10-19)24(35-25)22-13-14-32-28(33-22)40-21-7-5-4-6-8-21/h9-14,21,26H,4-8,15-18H2,1-3H3,(H,31,37)(H,34,35). The van der Waals surface area contributed by atoms with Gasteiger partial charge in [0.1, 0.15) is 11.9 Å². The number of ether oxygens (including phenoxy) is 3. The number of nitrogens with one attached hydrogen (secondary N) is 2. The maximum Gasteiger partial charge on any atom is 0.317 e. The number of amides is 1. The number of carbonyl (C=O) groups is 1. The van der Waals surface area contributed by atoms with E-state index in [4.69, 9.17) is 19.2 Å². The number of aromatic amines is 1. The highest BCUT2D eigenvalue weighted by Crippen LogP contribution is 2.36. The Bertz CT molecular complexity index is 1280. The number of imidazole rings is 1. The summed E-state index contributed by atoms with van der Waals surface area (Å²) >= 11 is 0. The molecule has 40 heavy (non-hydrogen) atoms. The summed E-state index contributed by atoms with van der Waals surface area (Å²) in [5, 5.41) is 2.95. The van der Waals surface area contributed by atoms with E-state index in [0.717, 1.165) is 32.2 Å². The van der Waals surface area contributed by atoms with Crippen LogP contribution in [0.25, 0.3) is 22.6 Å². The topological polar surface area (TPSA) is 114 Å². The molecule has 1 aliphatic carbocycles. The van der Waals surface area contributed by atoms with Crippen molar-refractivity contribution in [2.24, 2.45) is 5.41 Å². The second-order valence-corrected chi connectivity index (χ2v) is 11.0. The Morgan fingerprint density at radius 1 is 1.12 bits per heavy atom. The second-order valence-electron chi connectivity index (χ2n) is 11.0. The van der Waals surface area contributed by atoms with Gasteiger partial charge in [-0.3, -0.25) is 4.79 Å². The van der Waals surface area contributed by atoms with E-state index in [0.29, 0.717) is 41.0 Å². The fourth-order valence-corrected chi connectivity index (χ4v) is 4.88. The van der Waals surface area contributed by atoms with Crippen molar-refractivity contribution in [3.63, 3.8) is 0 Å². The first-order chi connectivity index (χ1) is 19.3.